The molecular formula is C23H28N4O5S2. The van der Waals surface area contributed by atoms with E-state index in [1.54, 1.807) is 12.3 Å². The third-order valence-corrected chi connectivity index (χ3v) is 7.58. The van der Waals surface area contributed by atoms with E-state index in [1.807, 2.05) is 19.1 Å². The predicted octanol–water partition coefficient (Wildman–Crippen LogP) is 4.24. The van der Waals surface area contributed by atoms with Crippen LogP contribution in [0.25, 0.3) is 0 Å². The molecular weight excluding hydrogens is 476 g/mol. The van der Waals surface area contributed by atoms with Crippen molar-refractivity contribution in [2.24, 2.45) is 5.92 Å². The van der Waals surface area contributed by atoms with E-state index in [0.717, 1.165) is 35.5 Å². The number of aromatic nitrogens is 1. The topological polar surface area (TPSA) is 126 Å². The number of ether oxygens (including phenoxy) is 1. The largest absolute Gasteiger partial charge is 0.467 e. The molecule has 1 atom stereocenters. The number of carbonyl (C=O) groups excluding carboxylic acids is 4. The molecule has 1 heterocycles. The lowest BCUT2D eigenvalue weighted by Gasteiger charge is -2.14. The van der Waals surface area contributed by atoms with E-state index < -0.39 is 18.0 Å². The molecule has 3 N–H and O–H groups in total. The van der Waals surface area contributed by atoms with Crippen molar-refractivity contribution in [1.82, 2.24) is 10.3 Å². The number of hydrogen-bond acceptors (Lipinski definition) is 8. The van der Waals surface area contributed by atoms with Gasteiger partial charge in [-0.1, -0.05) is 35.8 Å². The monoisotopic (exact) mass is 504 g/mol. The molecule has 0 unspecified atom stereocenters. The fourth-order valence-electron chi connectivity index (χ4n) is 3.74. The van der Waals surface area contributed by atoms with Gasteiger partial charge in [-0.05, 0) is 31.9 Å². The van der Waals surface area contributed by atoms with E-state index in [1.165, 1.54) is 37.1 Å². The van der Waals surface area contributed by atoms with Crippen LogP contribution in [0.1, 0.15) is 48.5 Å². The zero-order valence-corrected chi connectivity index (χ0v) is 20.9. The number of Topliss-reactive ketones (excluding diaryl/α,β-unsaturated/α-hetero) is 1. The van der Waals surface area contributed by atoms with Crippen LogP contribution in [0.15, 0.2) is 28.6 Å². The summed E-state index contributed by atoms with van der Waals surface area (Å²) in [6.07, 6.45) is 5.46. The van der Waals surface area contributed by atoms with Gasteiger partial charge in [0.15, 0.2) is 10.9 Å². The van der Waals surface area contributed by atoms with Crippen LogP contribution in [0.3, 0.4) is 0 Å². The molecule has 3 amide bonds. The molecule has 11 heteroatoms. The van der Waals surface area contributed by atoms with E-state index in [0.29, 0.717) is 16.4 Å². The van der Waals surface area contributed by atoms with E-state index in [2.05, 4.69) is 20.9 Å². The highest BCUT2D eigenvalue weighted by molar-refractivity contribution is 8.01. The molecule has 0 radical (unpaired) electrons. The number of urea groups is 1. The summed E-state index contributed by atoms with van der Waals surface area (Å²) in [5, 5.41) is 8.37. The quantitative estimate of drug-likeness (QED) is 0.265. The molecule has 34 heavy (non-hydrogen) atoms. The first-order valence-corrected chi connectivity index (χ1v) is 12.7. The summed E-state index contributed by atoms with van der Waals surface area (Å²) in [6, 6.07) is 4.13. The normalized spacial score (nSPS) is 14.3. The number of rotatable bonds is 9. The lowest BCUT2D eigenvalue weighted by atomic mass is 9.94. The number of amides is 3. The third-order valence-electron chi connectivity index (χ3n) is 5.38. The van der Waals surface area contributed by atoms with Gasteiger partial charge in [-0.3, -0.25) is 14.9 Å². The fourth-order valence-corrected chi connectivity index (χ4v) is 5.63. The SMILES string of the molecule is COC(=O)[C@@H](CSc1cnc(NC(=O)Nc2ccc(C)cc2C(=O)C2CCCC2)s1)NC(C)=O. The van der Waals surface area contributed by atoms with Gasteiger partial charge in [-0.2, -0.15) is 0 Å². The molecule has 1 aromatic carbocycles. The van der Waals surface area contributed by atoms with Crippen molar-refractivity contribution in [2.75, 3.05) is 23.5 Å². The van der Waals surface area contributed by atoms with E-state index in [-0.39, 0.29) is 23.4 Å². The molecule has 0 bridgehead atoms. The van der Waals surface area contributed by atoms with Gasteiger partial charge in [-0.25, -0.2) is 14.6 Å². The number of ketones is 1. The summed E-state index contributed by atoms with van der Waals surface area (Å²) in [5.74, 6) is -0.526. The van der Waals surface area contributed by atoms with Crippen LogP contribution in [0.5, 0.6) is 0 Å². The number of nitrogens with zero attached hydrogens (tertiary/aromatic N) is 1. The number of hydrogen-bond donors (Lipinski definition) is 3. The Balaban J connectivity index is 1.60. The number of nitrogens with one attached hydrogen (secondary N) is 3. The maximum absolute atomic E-state index is 13.0. The Bertz CT molecular complexity index is 1070. The van der Waals surface area contributed by atoms with Crippen LogP contribution in [0, 0.1) is 12.8 Å². The first kappa shape index (κ1) is 25.7. The number of carbonyl (C=O) groups is 4. The van der Waals surface area contributed by atoms with Crippen molar-refractivity contribution in [3.05, 3.63) is 35.5 Å². The Kier molecular flexibility index (Phi) is 9.05. The maximum Gasteiger partial charge on any atom is 0.329 e. The summed E-state index contributed by atoms with van der Waals surface area (Å²) in [7, 11) is 1.26. The number of esters is 1. The molecule has 9 nitrogen and oxygen atoms in total. The van der Waals surface area contributed by atoms with Gasteiger partial charge in [0.2, 0.25) is 5.91 Å². The van der Waals surface area contributed by atoms with Crippen molar-refractivity contribution in [1.29, 1.82) is 0 Å². The Morgan fingerprint density at radius 2 is 1.94 bits per heavy atom. The second-order valence-electron chi connectivity index (χ2n) is 8.05. The number of aryl methyl sites for hydroxylation is 1. The Labute approximate surface area is 206 Å². The zero-order valence-electron chi connectivity index (χ0n) is 19.3. The molecule has 1 saturated carbocycles. The van der Waals surface area contributed by atoms with Crippen LogP contribution in [0.2, 0.25) is 0 Å². The zero-order chi connectivity index (χ0) is 24.7. The average molecular weight is 505 g/mol. The molecule has 2 aromatic rings. The highest BCUT2D eigenvalue weighted by atomic mass is 32.2. The lowest BCUT2D eigenvalue weighted by molar-refractivity contribution is -0.144. The van der Waals surface area contributed by atoms with Gasteiger partial charge in [0.05, 0.1) is 23.2 Å². The number of thioether (sulfide) groups is 1. The average Bonchev–Trinajstić information content (AvgIpc) is 3.49. The fraction of sp³-hybridized carbons (Fsp3) is 0.435. The van der Waals surface area contributed by atoms with E-state index in [4.69, 9.17) is 4.74 Å². The number of benzene rings is 1. The Hall–Kier alpha value is -2.92. The molecule has 1 aromatic heterocycles. The minimum atomic E-state index is -0.785. The minimum absolute atomic E-state index is 0.00950. The summed E-state index contributed by atoms with van der Waals surface area (Å²) < 4.78 is 5.47. The molecule has 1 aliphatic rings. The van der Waals surface area contributed by atoms with E-state index >= 15 is 0 Å². The number of anilines is 2. The molecule has 1 aliphatic carbocycles. The molecule has 3 rings (SSSR count). The molecule has 1 fully saturated rings. The summed E-state index contributed by atoms with van der Waals surface area (Å²) in [6.45, 7) is 3.25. The first-order valence-electron chi connectivity index (χ1n) is 10.9. The van der Waals surface area contributed by atoms with Gasteiger partial charge >= 0.3 is 12.0 Å². The van der Waals surface area contributed by atoms with Crippen LogP contribution in [-0.4, -0.2) is 47.6 Å². The van der Waals surface area contributed by atoms with Gasteiger partial charge in [-0.15, -0.1) is 11.8 Å². The van der Waals surface area contributed by atoms with Crippen molar-refractivity contribution in [3.63, 3.8) is 0 Å². The highest BCUT2D eigenvalue weighted by Gasteiger charge is 2.26. The first-order chi connectivity index (χ1) is 16.3. The molecule has 0 aliphatic heterocycles. The second-order valence-corrected chi connectivity index (χ2v) is 10.4. The smallest absolute Gasteiger partial charge is 0.329 e. The highest BCUT2D eigenvalue weighted by Crippen LogP contribution is 2.32. The van der Waals surface area contributed by atoms with Crippen molar-refractivity contribution in [3.8, 4) is 0 Å². The van der Waals surface area contributed by atoms with Crippen LogP contribution >= 0.6 is 23.1 Å². The number of thiazole rings is 1. The van der Waals surface area contributed by atoms with Crippen molar-refractivity contribution < 1.29 is 23.9 Å². The van der Waals surface area contributed by atoms with Gasteiger partial charge in [0, 0.05) is 24.2 Å². The summed E-state index contributed by atoms with van der Waals surface area (Å²) in [5.41, 5.74) is 1.96. The molecule has 0 saturated heterocycles. The standard InChI is InChI=1S/C23H28N4O5S2/c1-13-8-9-17(16(10-13)20(29)15-6-4-5-7-15)26-22(31)27-23-24-11-19(34-23)33-12-18(21(30)32-3)25-14(2)28/h8-11,15,18H,4-7,12H2,1-3H3,(H,25,28)(H2,24,26,27,31)/t18-/m1/s1. The second kappa shape index (κ2) is 12.0. The Morgan fingerprint density at radius 3 is 2.62 bits per heavy atom. The van der Waals surface area contributed by atoms with Gasteiger partial charge in [0.25, 0.3) is 0 Å². The predicted molar refractivity (Wildman–Crippen MR) is 133 cm³/mol. The minimum Gasteiger partial charge on any atom is -0.467 e. The van der Waals surface area contributed by atoms with Gasteiger partial charge in [0.1, 0.15) is 6.04 Å². The molecule has 182 valence electrons. The van der Waals surface area contributed by atoms with Crippen molar-refractivity contribution in [2.45, 2.75) is 49.8 Å². The Morgan fingerprint density at radius 1 is 1.21 bits per heavy atom. The van der Waals surface area contributed by atoms with Crippen LogP contribution in [-0.2, 0) is 14.3 Å². The van der Waals surface area contributed by atoms with Crippen molar-refractivity contribution >= 4 is 57.6 Å². The molecule has 0 spiro atoms. The lowest BCUT2D eigenvalue weighted by Crippen LogP contribution is -2.42. The summed E-state index contributed by atoms with van der Waals surface area (Å²) in [4.78, 5) is 52.9. The van der Waals surface area contributed by atoms with E-state index in [9.17, 15) is 19.2 Å². The summed E-state index contributed by atoms with van der Waals surface area (Å²) >= 11 is 2.55. The van der Waals surface area contributed by atoms with Crippen LogP contribution < -0.4 is 16.0 Å². The number of methoxy groups -OCH3 is 1. The van der Waals surface area contributed by atoms with Gasteiger partial charge < -0.3 is 15.4 Å². The third kappa shape index (κ3) is 7.04. The van der Waals surface area contributed by atoms with Crippen LogP contribution in [0.4, 0.5) is 15.6 Å². The maximum atomic E-state index is 13.0.